The molecule has 1 heterocycles. The number of benzene rings is 1. The van der Waals surface area contributed by atoms with E-state index in [0.29, 0.717) is 5.75 Å². The zero-order chi connectivity index (χ0) is 13.7. The standard InChI is InChI=1S/C14H12ClNO3/c1-18-11-7-12(16-13(15)8-11)14(17)19-9-10-5-3-2-4-6-10/h2-8H,9H2,1H3. The summed E-state index contributed by atoms with van der Waals surface area (Å²) in [5.41, 5.74) is 1.03. The molecule has 2 aromatic rings. The lowest BCUT2D eigenvalue weighted by Gasteiger charge is -2.06. The number of hydrogen-bond acceptors (Lipinski definition) is 4. The molecule has 1 aromatic heterocycles. The Bertz CT molecular complexity index is 572. The Kier molecular flexibility index (Phi) is 4.36. The second-order valence-electron chi connectivity index (χ2n) is 3.78. The Labute approximate surface area is 115 Å². The molecule has 0 N–H and O–H groups in total. The molecule has 98 valence electrons. The number of rotatable bonds is 4. The summed E-state index contributed by atoms with van der Waals surface area (Å²) in [6.07, 6.45) is 0. The van der Waals surface area contributed by atoms with Crippen molar-refractivity contribution in [2.24, 2.45) is 0 Å². The largest absolute Gasteiger partial charge is 0.497 e. The highest BCUT2D eigenvalue weighted by molar-refractivity contribution is 6.29. The van der Waals surface area contributed by atoms with Gasteiger partial charge in [0.25, 0.3) is 0 Å². The van der Waals surface area contributed by atoms with Crippen molar-refractivity contribution in [3.8, 4) is 5.75 Å². The average molecular weight is 278 g/mol. The number of nitrogens with zero attached hydrogens (tertiary/aromatic N) is 1. The average Bonchev–Trinajstić information content (AvgIpc) is 2.45. The van der Waals surface area contributed by atoms with Crippen LogP contribution >= 0.6 is 11.6 Å². The van der Waals surface area contributed by atoms with Gasteiger partial charge in [0.1, 0.15) is 17.5 Å². The van der Waals surface area contributed by atoms with Crippen LogP contribution in [-0.2, 0) is 11.3 Å². The fourth-order valence-electron chi connectivity index (χ4n) is 1.49. The molecule has 5 heteroatoms. The molecule has 0 fully saturated rings. The van der Waals surface area contributed by atoms with Gasteiger partial charge < -0.3 is 9.47 Å². The maximum absolute atomic E-state index is 11.8. The molecule has 0 amide bonds. The van der Waals surface area contributed by atoms with Crippen molar-refractivity contribution in [1.29, 1.82) is 0 Å². The van der Waals surface area contributed by atoms with E-state index in [9.17, 15) is 4.79 Å². The summed E-state index contributed by atoms with van der Waals surface area (Å²) in [6.45, 7) is 0.191. The van der Waals surface area contributed by atoms with Crippen LogP contribution in [0.5, 0.6) is 5.75 Å². The van der Waals surface area contributed by atoms with E-state index >= 15 is 0 Å². The zero-order valence-corrected chi connectivity index (χ0v) is 11.1. The monoisotopic (exact) mass is 277 g/mol. The number of carbonyl (C=O) groups is 1. The highest BCUT2D eigenvalue weighted by Crippen LogP contribution is 2.18. The minimum atomic E-state index is -0.537. The molecule has 0 atom stereocenters. The van der Waals surface area contributed by atoms with Crippen LogP contribution in [0.3, 0.4) is 0 Å². The van der Waals surface area contributed by atoms with Gasteiger partial charge in [-0.25, -0.2) is 9.78 Å². The van der Waals surface area contributed by atoms with Crippen LogP contribution in [0.1, 0.15) is 16.1 Å². The van der Waals surface area contributed by atoms with E-state index in [0.717, 1.165) is 5.56 Å². The van der Waals surface area contributed by atoms with Gasteiger partial charge in [0.2, 0.25) is 0 Å². The first-order valence-corrected chi connectivity index (χ1v) is 5.99. The molecule has 0 unspecified atom stereocenters. The quantitative estimate of drug-likeness (QED) is 0.636. The summed E-state index contributed by atoms with van der Waals surface area (Å²) in [7, 11) is 1.49. The van der Waals surface area contributed by atoms with Gasteiger partial charge in [0, 0.05) is 12.1 Å². The van der Waals surface area contributed by atoms with Gasteiger partial charge in [-0.3, -0.25) is 0 Å². The Morgan fingerprint density at radius 1 is 1.26 bits per heavy atom. The molecule has 19 heavy (non-hydrogen) atoms. The summed E-state index contributed by atoms with van der Waals surface area (Å²) in [5, 5.41) is 0.186. The number of esters is 1. The minimum Gasteiger partial charge on any atom is -0.497 e. The predicted molar refractivity (Wildman–Crippen MR) is 71.4 cm³/mol. The Morgan fingerprint density at radius 2 is 2.00 bits per heavy atom. The van der Waals surface area contributed by atoms with Crippen molar-refractivity contribution < 1.29 is 14.3 Å². The smallest absolute Gasteiger partial charge is 0.357 e. The fraction of sp³-hybridized carbons (Fsp3) is 0.143. The van der Waals surface area contributed by atoms with Crippen molar-refractivity contribution in [2.45, 2.75) is 6.61 Å². The number of hydrogen-bond donors (Lipinski definition) is 0. The highest BCUT2D eigenvalue weighted by atomic mass is 35.5. The molecule has 0 saturated carbocycles. The predicted octanol–water partition coefficient (Wildman–Crippen LogP) is 3.10. The molecule has 0 radical (unpaired) electrons. The summed E-state index contributed by atoms with van der Waals surface area (Å²) in [4.78, 5) is 15.7. The van der Waals surface area contributed by atoms with Crippen molar-refractivity contribution in [2.75, 3.05) is 7.11 Å². The molecule has 0 spiro atoms. The topological polar surface area (TPSA) is 48.4 Å². The van der Waals surface area contributed by atoms with E-state index in [1.54, 1.807) is 0 Å². The number of pyridine rings is 1. The molecule has 0 aliphatic rings. The SMILES string of the molecule is COc1cc(Cl)nc(C(=O)OCc2ccccc2)c1. The first kappa shape index (κ1) is 13.4. The molecule has 0 bridgehead atoms. The molecule has 1 aromatic carbocycles. The van der Waals surface area contributed by atoms with Gasteiger partial charge >= 0.3 is 5.97 Å². The third-order valence-corrected chi connectivity index (χ3v) is 2.62. The molecule has 4 nitrogen and oxygen atoms in total. The van der Waals surface area contributed by atoms with Crippen LogP contribution in [-0.4, -0.2) is 18.1 Å². The summed E-state index contributed by atoms with van der Waals surface area (Å²) in [5.74, 6) is -0.0729. The number of ether oxygens (including phenoxy) is 2. The van der Waals surface area contributed by atoms with Crippen LogP contribution in [0.15, 0.2) is 42.5 Å². The Morgan fingerprint density at radius 3 is 2.68 bits per heavy atom. The van der Waals surface area contributed by atoms with Gasteiger partial charge in [0.05, 0.1) is 7.11 Å². The number of carbonyl (C=O) groups excluding carboxylic acids is 1. The van der Waals surface area contributed by atoms with E-state index in [4.69, 9.17) is 21.1 Å². The Balaban J connectivity index is 2.06. The molecule has 0 aliphatic carbocycles. The van der Waals surface area contributed by atoms with E-state index < -0.39 is 5.97 Å². The minimum absolute atomic E-state index is 0.125. The first-order valence-electron chi connectivity index (χ1n) is 5.61. The summed E-state index contributed by atoms with van der Waals surface area (Å²) in [6, 6.07) is 12.4. The second kappa shape index (κ2) is 6.20. The number of halogens is 1. The van der Waals surface area contributed by atoms with Crippen molar-refractivity contribution in [1.82, 2.24) is 4.98 Å². The van der Waals surface area contributed by atoms with Crippen LogP contribution in [0, 0.1) is 0 Å². The number of methoxy groups -OCH3 is 1. The van der Waals surface area contributed by atoms with Gasteiger partial charge in [-0.2, -0.15) is 0 Å². The normalized spacial score (nSPS) is 10.0. The van der Waals surface area contributed by atoms with Gasteiger partial charge in [0.15, 0.2) is 5.69 Å². The molecular weight excluding hydrogens is 266 g/mol. The molecule has 2 rings (SSSR count). The lowest BCUT2D eigenvalue weighted by atomic mass is 10.2. The van der Waals surface area contributed by atoms with Gasteiger partial charge in [-0.1, -0.05) is 41.9 Å². The van der Waals surface area contributed by atoms with E-state index in [2.05, 4.69) is 4.98 Å². The lowest BCUT2D eigenvalue weighted by molar-refractivity contribution is 0.0465. The van der Waals surface area contributed by atoms with Crippen LogP contribution in [0.4, 0.5) is 0 Å². The first-order chi connectivity index (χ1) is 9.19. The maximum Gasteiger partial charge on any atom is 0.357 e. The number of aromatic nitrogens is 1. The molecular formula is C14H12ClNO3. The summed E-state index contributed by atoms with van der Waals surface area (Å²) < 4.78 is 10.2. The fourth-order valence-corrected chi connectivity index (χ4v) is 1.69. The zero-order valence-electron chi connectivity index (χ0n) is 10.3. The van der Waals surface area contributed by atoms with Crippen LogP contribution in [0.25, 0.3) is 0 Å². The van der Waals surface area contributed by atoms with E-state index in [-0.39, 0.29) is 17.5 Å². The van der Waals surface area contributed by atoms with Crippen molar-refractivity contribution in [3.63, 3.8) is 0 Å². The van der Waals surface area contributed by atoms with E-state index in [1.807, 2.05) is 30.3 Å². The third kappa shape index (κ3) is 3.69. The van der Waals surface area contributed by atoms with E-state index in [1.165, 1.54) is 19.2 Å². The third-order valence-electron chi connectivity index (χ3n) is 2.43. The maximum atomic E-state index is 11.8. The van der Waals surface area contributed by atoms with Crippen LogP contribution in [0.2, 0.25) is 5.15 Å². The Hall–Kier alpha value is -2.07. The van der Waals surface area contributed by atoms with Gasteiger partial charge in [-0.15, -0.1) is 0 Å². The van der Waals surface area contributed by atoms with Gasteiger partial charge in [-0.05, 0) is 5.56 Å². The lowest BCUT2D eigenvalue weighted by Crippen LogP contribution is -2.08. The summed E-state index contributed by atoms with van der Waals surface area (Å²) >= 11 is 5.79. The van der Waals surface area contributed by atoms with Crippen molar-refractivity contribution >= 4 is 17.6 Å². The molecule has 0 saturated heterocycles. The van der Waals surface area contributed by atoms with Crippen molar-refractivity contribution in [3.05, 3.63) is 58.9 Å². The molecule has 0 aliphatic heterocycles. The highest BCUT2D eigenvalue weighted by Gasteiger charge is 2.12. The van der Waals surface area contributed by atoms with Crippen LogP contribution < -0.4 is 4.74 Å². The second-order valence-corrected chi connectivity index (χ2v) is 4.16.